The number of carbonyl (C=O) groups is 1. The van der Waals surface area contributed by atoms with Crippen LogP contribution in [0.1, 0.15) is 25.0 Å². The van der Waals surface area contributed by atoms with Crippen LogP contribution in [-0.2, 0) is 14.8 Å². The van der Waals surface area contributed by atoms with E-state index in [2.05, 4.69) is 5.32 Å². The number of hydrogen-bond donors (Lipinski definition) is 1. The molecule has 0 aliphatic rings. The minimum atomic E-state index is -4.14. The fraction of sp³-hybridized carbons (Fsp3) is 0.381. The van der Waals surface area contributed by atoms with Crippen LogP contribution in [0, 0.1) is 24.0 Å². The first-order valence-corrected chi connectivity index (χ1v) is 11.4. The van der Waals surface area contributed by atoms with Gasteiger partial charge in [-0.25, -0.2) is 8.42 Å². The van der Waals surface area contributed by atoms with Crippen molar-refractivity contribution in [3.05, 3.63) is 51.6 Å². The van der Waals surface area contributed by atoms with Gasteiger partial charge in [-0.3, -0.25) is 14.9 Å². The van der Waals surface area contributed by atoms with E-state index in [-0.39, 0.29) is 10.6 Å². The summed E-state index contributed by atoms with van der Waals surface area (Å²) >= 11 is 0. The van der Waals surface area contributed by atoms with Crippen molar-refractivity contribution in [3.63, 3.8) is 0 Å². The van der Waals surface area contributed by atoms with Crippen LogP contribution in [-0.4, -0.2) is 50.4 Å². The Labute approximate surface area is 187 Å². The van der Waals surface area contributed by atoms with Crippen molar-refractivity contribution in [3.8, 4) is 11.5 Å². The molecule has 0 saturated heterocycles. The Morgan fingerprint density at radius 2 is 1.72 bits per heavy atom. The van der Waals surface area contributed by atoms with Gasteiger partial charge in [-0.2, -0.15) is 4.31 Å². The van der Waals surface area contributed by atoms with E-state index in [1.165, 1.54) is 13.1 Å². The molecule has 32 heavy (non-hydrogen) atoms. The van der Waals surface area contributed by atoms with Gasteiger partial charge < -0.3 is 14.8 Å². The van der Waals surface area contributed by atoms with E-state index in [0.29, 0.717) is 41.5 Å². The highest BCUT2D eigenvalue weighted by Crippen LogP contribution is 2.31. The Kier molecular flexibility index (Phi) is 8.17. The number of aryl methyl sites for hydroxylation is 1. The normalized spacial score (nSPS) is 11.3. The molecule has 174 valence electrons. The van der Waals surface area contributed by atoms with E-state index < -0.39 is 27.4 Å². The van der Waals surface area contributed by atoms with Crippen LogP contribution in [0.25, 0.3) is 0 Å². The highest BCUT2D eigenvalue weighted by Gasteiger charge is 2.28. The molecule has 0 aliphatic carbocycles. The molecule has 2 rings (SSSR count). The van der Waals surface area contributed by atoms with Gasteiger partial charge in [0.25, 0.3) is 5.69 Å². The topological polar surface area (TPSA) is 128 Å². The number of benzene rings is 2. The fourth-order valence-corrected chi connectivity index (χ4v) is 4.41. The van der Waals surface area contributed by atoms with Gasteiger partial charge >= 0.3 is 0 Å². The van der Waals surface area contributed by atoms with Crippen molar-refractivity contribution < 1.29 is 27.6 Å². The maximum atomic E-state index is 13.0. The monoisotopic (exact) mass is 465 g/mol. The largest absolute Gasteiger partial charge is 0.490 e. The number of hydrogen-bond acceptors (Lipinski definition) is 7. The molecular formula is C21H27N3O7S. The molecule has 2 aromatic rings. The lowest BCUT2D eigenvalue weighted by molar-refractivity contribution is -0.385. The minimum absolute atomic E-state index is 0.209. The molecule has 0 radical (unpaired) electrons. The standard InChI is InChI=1S/C21H27N3O7S/c1-6-30-18-9-8-16(11-19(18)31-7-2)22-21(25)13-23(5)32(28,29)20-12-17(24(26)27)10-14(3)15(20)4/h8-12H,6-7,13H2,1-5H3,(H,22,25). The number of amides is 1. The summed E-state index contributed by atoms with van der Waals surface area (Å²) in [4.78, 5) is 22.8. The number of non-ortho nitro benzene ring substituents is 1. The molecule has 0 saturated carbocycles. The van der Waals surface area contributed by atoms with Crippen LogP contribution < -0.4 is 14.8 Å². The molecule has 10 nitrogen and oxygen atoms in total. The second kappa shape index (κ2) is 10.4. The lowest BCUT2D eigenvalue weighted by Gasteiger charge is -2.19. The second-order valence-corrected chi connectivity index (χ2v) is 8.99. The van der Waals surface area contributed by atoms with Gasteiger partial charge in [0.05, 0.1) is 29.6 Å². The number of sulfonamides is 1. The number of nitro groups is 1. The summed E-state index contributed by atoms with van der Waals surface area (Å²) in [5.74, 6) is 0.405. The average molecular weight is 466 g/mol. The second-order valence-electron chi connectivity index (χ2n) is 6.98. The lowest BCUT2D eigenvalue weighted by atomic mass is 10.1. The van der Waals surface area contributed by atoms with Crippen molar-refractivity contribution in [1.82, 2.24) is 4.31 Å². The number of anilines is 1. The van der Waals surface area contributed by atoms with Crippen LogP contribution in [0.5, 0.6) is 11.5 Å². The predicted octanol–water partition coefficient (Wildman–Crippen LogP) is 3.27. The number of nitrogens with one attached hydrogen (secondary N) is 1. The first-order valence-electron chi connectivity index (χ1n) is 9.92. The van der Waals surface area contributed by atoms with Crippen LogP contribution >= 0.6 is 0 Å². The Balaban J connectivity index is 2.22. The van der Waals surface area contributed by atoms with E-state index >= 15 is 0 Å². The summed E-state index contributed by atoms with van der Waals surface area (Å²) in [5, 5.41) is 13.8. The molecule has 0 aromatic heterocycles. The molecular weight excluding hydrogens is 438 g/mol. The quantitative estimate of drug-likeness (QED) is 0.421. The number of nitro benzene ring substituents is 1. The predicted molar refractivity (Wildman–Crippen MR) is 120 cm³/mol. The Hall–Kier alpha value is -3.18. The third kappa shape index (κ3) is 5.74. The number of carbonyl (C=O) groups excluding carboxylic acids is 1. The highest BCUT2D eigenvalue weighted by molar-refractivity contribution is 7.89. The van der Waals surface area contributed by atoms with Crippen molar-refractivity contribution in [2.45, 2.75) is 32.6 Å². The van der Waals surface area contributed by atoms with Crippen LogP contribution in [0.4, 0.5) is 11.4 Å². The third-order valence-electron chi connectivity index (χ3n) is 4.70. The van der Waals surface area contributed by atoms with E-state index in [1.54, 1.807) is 32.0 Å². The van der Waals surface area contributed by atoms with Crippen molar-refractivity contribution in [2.24, 2.45) is 0 Å². The van der Waals surface area contributed by atoms with E-state index in [4.69, 9.17) is 9.47 Å². The number of nitrogens with zero attached hydrogens (tertiary/aromatic N) is 2. The van der Waals surface area contributed by atoms with Gasteiger partial charge in [0.1, 0.15) is 0 Å². The lowest BCUT2D eigenvalue weighted by Crippen LogP contribution is -2.35. The maximum absolute atomic E-state index is 13.0. The summed E-state index contributed by atoms with van der Waals surface area (Å²) in [6.07, 6.45) is 0. The highest BCUT2D eigenvalue weighted by atomic mass is 32.2. The Bertz CT molecular complexity index is 1120. The van der Waals surface area contributed by atoms with Crippen molar-refractivity contribution in [1.29, 1.82) is 0 Å². The van der Waals surface area contributed by atoms with Gasteiger partial charge in [-0.15, -0.1) is 0 Å². The molecule has 1 amide bonds. The fourth-order valence-electron chi connectivity index (χ4n) is 2.97. The average Bonchev–Trinajstić information content (AvgIpc) is 2.71. The zero-order valence-electron chi connectivity index (χ0n) is 18.7. The third-order valence-corrected chi connectivity index (χ3v) is 6.63. The zero-order valence-corrected chi connectivity index (χ0v) is 19.5. The van der Waals surface area contributed by atoms with E-state index in [9.17, 15) is 23.3 Å². The SMILES string of the molecule is CCOc1ccc(NC(=O)CN(C)S(=O)(=O)c2cc([N+](=O)[O-])cc(C)c2C)cc1OCC. The molecule has 1 N–H and O–H groups in total. The number of rotatable bonds is 10. The molecule has 0 heterocycles. The molecule has 0 atom stereocenters. The smallest absolute Gasteiger partial charge is 0.271 e. The number of likely N-dealkylation sites (N-methyl/N-ethyl adjacent to an activating group) is 1. The Morgan fingerprint density at radius 3 is 2.31 bits per heavy atom. The molecule has 0 fully saturated rings. The first kappa shape index (κ1) is 25.1. The summed E-state index contributed by atoms with van der Waals surface area (Å²) in [5.41, 5.74) is 0.932. The summed E-state index contributed by atoms with van der Waals surface area (Å²) < 4.78 is 37.9. The van der Waals surface area contributed by atoms with Crippen LogP contribution in [0.3, 0.4) is 0 Å². The molecule has 2 aromatic carbocycles. The molecule has 0 bridgehead atoms. The van der Waals surface area contributed by atoms with E-state index in [0.717, 1.165) is 10.4 Å². The van der Waals surface area contributed by atoms with Gasteiger partial charge in [0, 0.05) is 30.9 Å². The molecule has 0 aliphatic heterocycles. The molecule has 0 unspecified atom stereocenters. The number of ether oxygens (including phenoxy) is 2. The molecule has 0 spiro atoms. The summed E-state index contributed by atoms with van der Waals surface area (Å²) in [6.45, 7) is 7.18. The molecule has 11 heteroatoms. The van der Waals surface area contributed by atoms with Crippen molar-refractivity contribution in [2.75, 3.05) is 32.1 Å². The summed E-state index contributed by atoms with van der Waals surface area (Å²) in [6, 6.07) is 7.18. The van der Waals surface area contributed by atoms with Gasteiger partial charge in [-0.05, 0) is 51.0 Å². The van der Waals surface area contributed by atoms with Gasteiger partial charge in [-0.1, -0.05) is 0 Å². The Morgan fingerprint density at radius 1 is 1.09 bits per heavy atom. The van der Waals surface area contributed by atoms with Gasteiger partial charge in [0.15, 0.2) is 11.5 Å². The van der Waals surface area contributed by atoms with Crippen LogP contribution in [0.15, 0.2) is 35.2 Å². The van der Waals surface area contributed by atoms with Crippen LogP contribution in [0.2, 0.25) is 0 Å². The zero-order chi connectivity index (χ0) is 24.1. The van der Waals surface area contributed by atoms with Gasteiger partial charge in [0.2, 0.25) is 15.9 Å². The van der Waals surface area contributed by atoms with Crippen molar-refractivity contribution >= 4 is 27.3 Å². The maximum Gasteiger partial charge on any atom is 0.271 e. The minimum Gasteiger partial charge on any atom is -0.490 e. The van der Waals surface area contributed by atoms with E-state index in [1.807, 2.05) is 13.8 Å². The first-order chi connectivity index (χ1) is 15.0. The summed E-state index contributed by atoms with van der Waals surface area (Å²) in [7, 11) is -2.90.